The molecule has 2 N–H and O–H groups in total. The Bertz CT molecular complexity index is 2010. The number of fused-ring (bicyclic) bond motifs is 9. The Labute approximate surface area is 284 Å². The third-order valence-corrected chi connectivity index (χ3v) is 13.0. The maximum absolute atomic E-state index is 14.1. The molecule has 8 rings (SSSR count). The number of thiazole rings is 1. The molecule has 12 heteroatoms. The lowest BCUT2D eigenvalue weighted by atomic mass is 9.68. The SMILES string of the molecule is COc1ccc(N2C(=O)C3C4CC(C3C2=O)C2C4Sc3[nH]c(=O)sc3[C@@H]2c2ccc(OCC(=O)Nc3ccccc3C)c(OC)c2)cc1. The van der Waals surface area contributed by atoms with Gasteiger partial charge in [0.25, 0.3) is 5.91 Å². The summed E-state index contributed by atoms with van der Waals surface area (Å²) in [5.74, 6) is -0.0177. The predicted octanol–water partition coefficient (Wildman–Crippen LogP) is 5.46. The van der Waals surface area contributed by atoms with Gasteiger partial charge in [-0.25, -0.2) is 0 Å². The van der Waals surface area contributed by atoms with Crippen LogP contribution >= 0.6 is 23.1 Å². The molecule has 0 radical (unpaired) electrons. The molecule has 3 fully saturated rings. The van der Waals surface area contributed by atoms with Gasteiger partial charge >= 0.3 is 4.87 Å². The largest absolute Gasteiger partial charge is 0.497 e. The van der Waals surface area contributed by atoms with Crippen molar-refractivity contribution >= 4 is 52.2 Å². The molecule has 1 aromatic heterocycles. The number of aryl methyl sites for hydroxylation is 1. The minimum atomic E-state index is -0.414. The van der Waals surface area contributed by atoms with Crippen LogP contribution in [-0.4, -0.2) is 48.8 Å². The van der Waals surface area contributed by atoms with Crippen molar-refractivity contribution in [3.05, 3.63) is 92.4 Å². The summed E-state index contributed by atoms with van der Waals surface area (Å²) in [5.41, 5.74) is 3.17. The fourth-order valence-corrected chi connectivity index (χ4v) is 11.3. The van der Waals surface area contributed by atoms with E-state index in [0.717, 1.165) is 33.1 Å². The van der Waals surface area contributed by atoms with Gasteiger partial charge < -0.3 is 24.5 Å². The van der Waals surface area contributed by atoms with Crippen molar-refractivity contribution < 1.29 is 28.6 Å². The number of ether oxygens (including phenoxy) is 3. The van der Waals surface area contributed by atoms with Crippen LogP contribution in [0.3, 0.4) is 0 Å². The molecule has 48 heavy (non-hydrogen) atoms. The van der Waals surface area contributed by atoms with Crippen molar-refractivity contribution in [1.29, 1.82) is 0 Å². The van der Waals surface area contributed by atoms with Crippen LogP contribution in [0.15, 0.2) is 76.6 Å². The predicted molar refractivity (Wildman–Crippen MR) is 182 cm³/mol. The minimum Gasteiger partial charge on any atom is -0.497 e. The maximum Gasteiger partial charge on any atom is 0.305 e. The van der Waals surface area contributed by atoms with E-state index in [9.17, 15) is 19.2 Å². The Kier molecular flexibility index (Phi) is 7.59. The summed E-state index contributed by atoms with van der Waals surface area (Å²) < 4.78 is 16.9. The average molecular weight is 684 g/mol. The number of benzene rings is 3. The van der Waals surface area contributed by atoms with Crippen LogP contribution in [0, 0.1) is 36.5 Å². The fourth-order valence-electron chi connectivity index (χ4n) is 8.42. The zero-order valence-electron chi connectivity index (χ0n) is 26.4. The van der Waals surface area contributed by atoms with E-state index < -0.39 is 5.92 Å². The summed E-state index contributed by atoms with van der Waals surface area (Å²) in [6.45, 7) is 1.72. The molecule has 2 saturated carbocycles. The fraction of sp³-hybridized carbons (Fsp3) is 0.333. The summed E-state index contributed by atoms with van der Waals surface area (Å²) >= 11 is 2.85. The zero-order chi connectivity index (χ0) is 33.3. The standard InChI is InChI=1S/C36H33N3O7S2/c1-17-6-4-5-7-23(17)37-26(40)16-46-24-13-8-18(14-25(24)45-3)27-28-21-15-22(31(28)47-33-32(27)48-36(43)38-33)30-29(21)34(41)39(35(30)42)19-9-11-20(44-2)12-10-19/h4-14,21-22,27-31H,15-16H2,1-3H3,(H,37,40)(H,38,43)/t21?,22?,27-,28?,29?,30?,31?/m1/s1. The first-order valence-electron chi connectivity index (χ1n) is 15.8. The van der Waals surface area contributed by atoms with Crippen LogP contribution < -0.4 is 29.3 Å². The number of methoxy groups -OCH3 is 2. The summed E-state index contributed by atoms with van der Waals surface area (Å²) in [6, 6.07) is 20.2. The molecule has 4 aromatic rings. The average Bonchev–Trinajstić information content (AvgIpc) is 3.83. The van der Waals surface area contributed by atoms with E-state index in [1.165, 1.54) is 16.2 Å². The molecule has 3 heterocycles. The lowest BCUT2D eigenvalue weighted by Crippen LogP contribution is -2.42. The van der Waals surface area contributed by atoms with Crippen molar-refractivity contribution in [2.45, 2.75) is 29.5 Å². The zero-order valence-corrected chi connectivity index (χ0v) is 28.1. The van der Waals surface area contributed by atoms with Crippen molar-refractivity contribution in [2.24, 2.45) is 29.6 Å². The molecule has 7 atom stereocenters. The number of anilines is 2. The van der Waals surface area contributed by atoms with Crippen molar-refractivity contribution in [3.8, 4) is 17.2 Å². The number of amides is 3. The molecule has 2 bridgehead atoms. The van der Waals surface area contributed by atoms with E-state index in [0.29, 0.717) is 22.9 Å². The molecular formula is C36H33N3O7S2. The smallest absolute Gasteiger partial charge is 0.305 e. The highest BCUT2D eigenvalue weighted by molar-refractivity contribution is 8.00. The number of para-hydroxylation sites is 1. The molecule has 6 unspecified atom stereocenters. The van der Waals surface area contributed by atoms with E-state index in [1.807, 2.05) is 43.3 Å². The van der Waals surface area contributed by atoms with Crippen LogP contribution in [-0.2, 0) is 14.4 Å². The molecule has 4 aliphatic rings. The van der Waals surface area contributed by atoms with Gasteiger partial charge in [0.1, 0.15) is 5.75 Å². The third kappa shape index (κ3) is 4.83. The van der Waals surface area contributed by atoms with E-state index in [2.05, 4.69) is 10.3 Å². The van der Waals surface area contributed by atoms with Gasteiger partial charge in [-0.05, 0) is 84.7 Å². The molecular weight excluding hydrogens is 651 g/mol. The van der Waals surface area contributed by atoms with Gasteiger partial charge in [-0.2, -0.15) is 0 Å². The van der Waals surface area contributed by atoms with Gasteiger partial charge in [0.15, 0.2) is 18.1 Å². The molecule has 2 aliphatic carbocycles. The quantitative estimate of drug-likeness (QED) is 0.235. The Morgan fingerprint density at radius 1 is 0.938 bits per heavy atom. The van der Waals surface area contributed by atoms with Crippen molar-refractivity contribution in [2.75, 3.05) is 31.0 Å². The van der Waals surface area contributed by atoms with Gasteiger partial charge in [0, 0.05) is 21.7 Å². The van der Waals surface area contributed by atoms with Crippen LogP contribution in [0.5, 0.6) is 17.2 Å². The van der Waals surface area contributed by atoms with E-state index in [4.69, 9.17) is 14.2 Å². The normalized spacial score (nSPS) is 26.6. The highest BCUT2D eigenvalue weighted by atomic mass is 32.2. The molecule has 246 valence electrons. The number of carbonyl (C=O) groups is 3. The van der Waals surface area contributed by atoms with E-state index >= 15 is 0 Å². The number of H-pyrrole nitrogens is 1. The first kappa shape index (κ1) is 30.8. The number of aromatic nitrogens is 1. The number of nitrogens with one attached hydrogen (secondary N) is 2. The second-order valence-corrected chi connectivity index (χ2v) is 14.9. The summed E-state index contributed by atoms with van der Waals surface area (Å²) in [7, 11) is 3.13. The maximum atomic E-state index is 14.1. The van der Waals surface area contributed by atoms with E-state index in [-0.39, 0.29) is 64.0 Å². The summed E-state index contributed by atoms with van der Waals surface area (Å²) in [6.07, 6.45) is 0.787. The van der Waals surface area contributed by atoms with Crippen LogP contribution in [0.25, 0.3) is 0 Å². The summed E-state index contributed by atoms with van der Waals surface area (Å²) in [5, 5.41) is 3.76. The summed E-state index contributed by atoms with van der Waals surface area (Å²) in [4.78, 5) is 58.6. The number of nitrogens with zero attached hydrogens (tertiary/aromatic N) is 1. The molecule has 1 saturated heterocycles. The van der Waals surface area contributed by atoms with Gasteiger partial charge in [0.2, 0.25) is 11.8 Å². The molecule has 3 aromatic carbocycles. The van der Waals surface area contributed by atoms with Crippen LogP contribution in [0.2, 0.25) is 0 Å². The van der Waals surface area contributed by atoms with Crippen molar-refractivity contribution in [3.63, 3.8) is 0 Å². The first-order valence-corrected chi connectivity index (χ1v) is 17.5. The number of imide groups is 1. The van der Waals surface area contributed by atoms with Crippen molar-refractivity contribution in [1.82, 2.24) is 4.98 Å². The van der Waals surface area contributed by atoms with E-state index in [1.54, 1.807) is 56.3 Å². The van der Waals surface area contributed by atoms with Gasteiger partial charge in [-0.15, -0.1) is 11.8 Å². The number of thioether (sulfide) groups is 1. The number of carbonyl (C=O) groups excluding carboxylic acids is 3. The lowest BCUT2D eigenvalue weighted by Gasteiger charge is -2.43. The molecule has 0 spiro atoms. The lowest BCUT2D eigenvalue weighted by molar-refractivity contribution is -0.123. The van der Waals surface area contributed by atoms with Gasteiger partial charge in [-0.3, -0.25) is 24.1 Å². The third-order valence-electron chi connectivity index (χ3n) is 10.4. The Balaban J connectivity index is 1.09. The Hall–Kier alpha value is -4.55. The Morgan fingerprint density at radius 3 is 2.42 bits per heavy atom. The highest BCUT2D eigenvalue weighted by Gasteiger charge is 2.69. The monoisotopic (exact) mass is 683 g/mol. The molecule has 10 nitrogen and oxygen atoms in total. The van der Waals surface area contributed by atoms with Gasteiger partial charge in [-0.1, -0.05) is 35.6 Å². The molecule has 2 aliphatic heterocycles. The molecule has 3 amide bonds. The highest BCUT2D eigenvalue weighted by Crippen LogP contribution is 2.68. The first-order chi connectivity index (χ1) is 23.3. The number of hydrogen-bond donors (Lipinski definition) is 2. The minimum absolute atomic E-state index is 0.00464. The number of hydrogen-bond acceptors (Lipinski definition) is 9. The number of rotatable bonds is 8. The Morgan fingerprint density at radius 2 is 1.69 bits per heavy atom. The number of aromatic amines is 1. The topological polar surface area (TPSA) is 127 Å². The van der Waals surface area contributed by atoms with Crippen LogP contribution in [0.1, 0.15) is 28.3 Å². The van der Waals surface area contributed by atoms with Crippen LogP contribution in [0.4, 0.5) is 11.4 Å². The van der Waals surface area contributed by atoms with Gasteiger partial charge in [0.05, 0.1) is 36.8 Å². The second-order valence-electron chi connectivity index (χ2n) is 12.7. The second kappa shape index (κ2) is 11.9.